The van der Waals surface area contributed by atoms with Crippen LogP contribution in [-0.4, -0.2) is 45.3 Å². The summed E-state index contributed by atoms with van der Waals surface area (Å²) in [6.45, 7) is 1.98. The Morgan fingerprint density at radius 2 is 1.85 bits per heavy atom. The van der Waals surface area contributed by atoms with E-state index >= 15 is 4.39 Å². The van der Waals surface area contributed by atoms with Crippen LogP contribution in [0.15, 0.2) is 55.0 Å². The molecule has 6 rings (SSSR count). The quantitative estimate of drug-likeness (QED) is 0.245. The van der Waals surface area contributed by atoms with Crippen molar-refractivity contribution in [2.75, 3.05) is 12.4 Å². The first-order valence-electron chi connectivity index (χ1n) is 12.9. The summed E-state index contributed by atoms with van der Waals surface area (Å²) in [6, 6.07) is 10.3. The monoisotopic (exact) mass is 559 g/mol. The molecule has 1 saturated carbocycles. The molecule has 0 spiro atoms. The lowest BCUT2D eigenvalue weighted by molar-refractivity contribution is -0.00440. The molecule has 0 bridgehead atoms. The number of nitrogens with one attached hydrogen (secondary N) is 1. The molecule has 5 aromatic rings. The van der Waals surface area contributed by atoms with E-state index in [0.29, 0.717) is 46.0 Å². The van der Waals surface area contributed by atoms with Gasteiger partial charge in [0.1, 0.15) is 17.2 Å². The van der Waals surface area contributed by atoms with Crippen molar-refractivity contribution >= 4 is 44.4 Å². The zero-order valence-electron chi connectivity index (χ0n) is 21.9. The number of anilines is 1. The van der Waals surface area contributed by atoms with Gasteiger partial charge in [-0.3, -0.25) is 10.3 Å². The number of pyridine rings is 1. The minimum Gasteiger partial charge on any atom is -0.483 e. The largest absolute Gasteiger partial charge is 0.483 e. The number of benzene rings is 2. The number of nitrogens with zero attached hydrogens (tertiary/aromatic N) is 4. The summed E-state index contributed by atoms with van der Waals surface area (Å²) in [5.41, 5.74) is 4.30. The molecule has 11 heteroatoms. The summed E-state index contributed by atoms with van der Waals surface area (Å²) < 4.78 is 33.1. The molecule has 1 aliphatic rings. The first kappa shape index (κ1) is 25.9. The Kier molecular flexibility index (Phi) is 7.12. The summed E-state index contributed by atoms with van der Waals surface area (Å²) in [4.78, 5) is 30.2. The van der Waals surface area contributed by atoms with Crippen molar-refractivity contribution in [3.05, 3.63) is 66.4 Å². The third-order valence-corrected chi connectivity index (χ3v) is 7.81. The van der Waals surface area contributed by atoms with Crippen molar-refractivity contribution in [3.63, 3.8) is 0 Å². The van der Waals surface area contributed by atoms with Crippen LogP contribution >= 0.6 is 11.3 Å². The molecule has 40 heavy (non-hydrogen) atoms. The second kappa shape index (κ2) is 11.0. The summed E-state index contributed by atoms with van der Waals surface area (Å²) in [5, 5.41) is 3.40. The van der Waals surface area contributed by atoms with Gasteiger partial charge < -0.3 is 14.2 Å². The van der Waals surface area contributed by atoms with Crippen LogP contribution in [0.5, 0.6) is 11.6 Å². The topological polar surface area (TPSA) is 108 Å². The fraction of sp³-hybridized carbons (Fsp3) is 0.276. The highest BCUT2D eigenvalue weighted by atomic mass is 32.1. The van der Waals surface area contributed by atoms with Gasteiger partial charge in [-0.15, -0.1) is 11.3 Å². The van der Waals surface area contributed by atoms with E-state index < -0.39 is 24.1 Å². The van der Waals surface area contributed by atoms with E-state index in [1.54, 1.807) is 43.9 Å². The number of amides is 1. The minimum atomic E-state index is -0.583. The third-order valence-electron chi connectivity index (χ3n) is 6.76. The average molecular weight is 560 g/mol. The molecule has 0 aliphatic heterocycles. The number of methoxy groups -OCH3 is 1. The molecule has 204 valence electrons. The highest BCUT2D eigenvalue weighted by Crippen LogP contribution is 2.38. The highest BCUT2D eigenvalue weighted by molar-refractivity contribution is 7.21. The van der Waals surface area contributed by atoms with Gasteiger partial charge in [-0.1, -0.05) is 0 Å². The van der Waals surface area contributed by atoms with Gasteiger partial charge in [0.2, 0.25) is 5.88 Å². The smallest absolute Gasteiger partial charge is 0.412 e. The van der Waals surface area contributed by atoms with E-state index in [0.717, 1.165) is 28.7 Å². The molecule has 3 aromatic heterocycles. The summed E-state index contributed by atoms with van der Waals surface area (Å²) >= 11 is 1.42. The van der Waals surface area contributed by atoms with Gasteiger partial charge in [-0.25, -0.2) is 24.1 Å². The maximum absolute atomic E-state index is 15.2. The zero-order valence-corrected chi connectivity index (χ0v) is 22.7. The summed E-state index contributed by atoms with van der Waals surface area (Å²) in [7, 11) is 1.55. The van der Waals surface area contributed by atoms with Gasteiger partial charge in [0.15, 0.2) is 11.6 Å². The number of fused-ring (bicyclic) bond motifs is 2. The van der Waals surface area contributed by atoms with Crippen molar-refractivity contribution < 1.29 is 23.4 Å². The van der Waals surface area contributed by atoms with Crippen LogP contribution in [0.2, 0.25) is 0 Å². The van der Waals surface area contributed by atoms with Crippen LogP contribution in [0.4, 0.5) is 14.9 Å². The number of halogens is 1. The van der Waals surface area contributed by atoms with E-state index in [2.05, 4.69) is 20.3 Å². The Hall–Kier alpha value is -4.38. The first-order valence-corrected chi connectivity index (χ1v) is 13.7. The number of aryl methyl sites for hydroxylation is 1. The number of carbonyl (C=O) groups excluding carboxylic acids is 1. The van der Waals surface area contributed by atoms with Crippen molar-refractivity contribution in [2.45, 2.75) is 44.8 Å². The molecule has 0 saturated heterocycles. The third kappa shape index (κ3) is 5.37. The Morgan fingerprint density at radius 3 is 2.65 bits per heavy atom. The normalized spacial score (nSPS) is 17.1. The second-order valence-electron chi connectivity index (χ2n) is 9.61. The van der Waals surface area contributed by atoms with Crippen LogP contribution in [0.1, 0.15) is 31.2 Å². The fourth-order valence-electron chi connectivity index (χ4n) is 4.86. The molecule has 1 N–H and O–H groups in total. The second-order valence-corrected chi connectivity index (χ2v) is 10.6. The van der Waals surface area contributed by atoms with E-state index in [9.17, 15) is 4.79 Å². The molecule has 9 nitrogen and oxygen atoms in total. The SMILES string of the molecule is COc1cnc2c(-c3nc4cc(F)c(O[C@@H]5CCCC[C@@H]5OC(=O)Nc5ccncc5)cc4s3)cc(C)cc2n1. The number of hydrogen-bond acceptors (Lipinski definition) is 9. The van der Waals surface area contributed by atoms with Crippen LogP contribution in [0, 0.1) is 12.7 Å². The van der Waals surface area contributed by atoms with Gasteiger partial charge in [-0.2, -0.15) is 0 Å². The molecule has 2 atom stereocenters. The molecule has 1 amide bonds. The Bertz CT molecular complexity index is 1700. The van der Waals surface area contributed by atoms with Crippen LogP contribution < -0.4 is 14.8 Å². The van der Waals surface area contributed by atoms with Crippen molar-refractivity contribution in [1.29, 1.82) is 0 Å². The van der Waals surface area contributed by atoms with E-state index in [1.165, 1.54) is 17.4 Å². The molecular formula is C29H26FN5O4S. The number of hydrogen-bond donors (Lipinski definition) is 1. The van der Waals surface area contributed by atoms with Crippen LogP contribution in [0.3, 0.4) is 0 Å². The molecule has 0 radical (unpaired) electrons. The molecule has 1 fully saturated rings. The van der Waals surface area contributed by atoms with Gasteiger partial charge in [0.05, 0.1) is 34.6 Å². The predicted molar refractivity (Wildman–Crippen MR) is 150 cm³/mol. The number of ether oxygens (including phenoxy) is 3. The minimum absolute atomic E-state index is 0.108. The van der Waals surface area contributed by atoms with Gasteiger partial charge in [0, 0.05) is 35.8 Å². The van der Waals surface area contributed by atoms with E-state index in [-0.39, 0.29) is 5.75 Å². The van der Waals surface area contributed by atoms with Gasteiger partial charge >= 0.3 is 6.09 Å². The van der Waals surface area contributed by atoms with Crippen molar-refractivity contribution in [1.82, 2.24) is 19.9 Å². The number of rotatable bonds is 6. The molecule has 0 unspecified atom stereocenters. The van der Waals surface area contributed by atoms with Gasteiger partial charge in [0.25, 0.3) is 0 Å². The summed E-state index contributed by atoms with van der Waals surface area (Å²) in [6.07, 6.45) is 6.25. The number of carbonyl (C=O) groups is 1. The standard InChI is InChI=1S/C29H26FN5O4S/c1-16-11-18(27-21(12-16)34-26(37-2)15-32-27)28-35-20-13-19(30)24(14-25(20)40-28)38-22-5-3-4-6-23(22)39-29(36)33-17-7-9-31-10-8-17/h7-15,22-23H,3-6H2,1-2H3,(H,31,33,36)/t22-,23+/m1/s1. The maximum atomic E-state index is 15.2. The van der Waals surface area contributed by atoms with E-state index in [4.69, 9.17) is 19.2 Å². The van der Waals surface area contributed by atoms with E-state index in [1.807, 2.05) is 19.1 Å². The predicted octanol–water partition coefficient (Wildman–Crippen LogP) is 6.70. The average Bonchev–Trinajstić information content (AvgIpc) is 3.36. The molecular weight excluding hydrogens is 533 g/mol. The summed E-state index contributed by atoms with van der Waals surface area (Å²) in [5.74, 6) is 0.0157. The molecule has 1 aliphatic carbocycles. The molecule has 3 heterocycles. The van der Waals surface area contributed by atoms with Crippen LogP contribution in [-0.2, 0) is 4.74 Å². The lowest BCUT2D eigenvalue weighted by Crippen LogP contribution is -2.39. The van der Waals surface area contributed by atoms with Crippen molar-refractivity contribution in [3.8, 4) is 22.2 Å². The fourth-order valence-corrected chi connectivity index (χ4v) is 5.85. The Balaban J connectivity index is 1.25. The van der Waals surface area contributed by atoms with Crippen molar-refractivity contribution in [2.24, 2.45) is 0 Å². The number of thiazole rings is 1. The zero-order chi connectivity index (χ0) is 27.6. The number of aromatic nitrogens is 4. The Labute approximate surface area is 233 Å². The van der Waals surface area contributed by atoms with Crippen LogP contribution in [0.25, 0.3) is 31.8 Å². The lowest BCUT2D eigenvalue weighted by Gasteiger charge is -2.31. The first-order chi connectivity index (χ1) is 19.5. The highest BCUT2D eigenvalue weighted by Gasteiger charge is 2.31. The van der Waals surface area contributed by atoms with Gasteiger partial charge in [-0.05, 0) is 62.4 Å². The Morgan fingerprint density at radius 1 is 1.05 bits per heavy atom. The molecule has 2 aromatic carbocycles. The lowest BCUT2D eigenvalue weighted by atomic mass is 9.94. The maximum Gasteiger partial charge on any atom is 0.412 e.